The van der Waals surface area contributed by atoms with Crippen LogP contribution < -0.4 is 0 Å². The van der Waals surface area contributed by atoms with E-state index in [9.17, 15) is 9.59 Å². The van der Waals surface area contributed by atoms with Gasteiger partial charge < -0.3 is 14.6 Å². The first-order valence-corrected chi connectivity index (χ1v) is 7.14. The van der Waals surface area contributed by atoms with E-state index in [1.54, 1.807) is 6.20 Å². The molecule has 3 rings (SSSR count). The van der Waals surface area contributed by atoms with E-state index in [-0.39, 0.29) is 17.8 Å². The van der Waals surface area contributed by atoms with E-state index in [2.05, 4.69) is 4.98 Å². The number of aromatic nitrogens is 1. The van der Waals surface area contributed by atoms with Gasteiger partial charge in [-0.05, 0) is 18.9 Å². The molecule has 21 heavy (non-hydrogen) atoms. The number of fused-ring (bicyclic) bond motifs is 1. The summed E-state index contributed by atoms with van der Waals surface area (Å²) in [5.41, 5.74) is 1.66. The van der Waals surface area contributed by atoms with Crippen LogP contribution in [0.15, 0.2) is 30.5 Å². The van der Waals surface area contributed by atoms with Crippen LogP contribution in [0.1, 0.15) is 23.2 Å². The molecule has 2 aromatic rings. The van der Waals surface area contributed by atoms with Crippen LogP contribution >= 0.6 is 0 Å². The summed E-state index contributed by atoms with van der Waals surface area (Å²) < 4.78 is 4.77. The van der Waals surface area contributed by atoms with Gasteiger partial charge >= 0.3 is 5.97 Å². The highest BCUT2D eigenvalue weighted by Crippen LogP contribution is 2.23. The van der Waals surface area contributed by atoms with Crippen LogP contribution in [-0.4, -0.2) is 42.0 Å². The van der Waals surface area contributed by atoms with Crippen LogP contribution in [0.4, 0.5) is 0 Å². The number of rotatable bonds is 2. The van der Waals surface area contributed by atoms with Crippen LogP contribution in [0.3, 0.4) is 0 Å². The molecule has 110 valence electrons. The number of nitrogens with zero attached hydrogens (tertiary/aromatic N) is 1. The van der Waals surface area contributed by atoms with Crippen LogP contribution in [0.2, 0.25) is 0 Å². The number of benzene rings is 1. The quantitative estimate of drug-likeness (QED) is 0.861. The summed E-state index contributed by atoms with van der Waals surface area (Å²) >= 11 is 0. The summed E-state index contributed by atoms with van der Waals surface area (Å²) in [5.74, 6) is -0.230. The standard InChI is InChI=1S/C16H18N2O3/c1-21-16(20)11-6-8-18(9-7-11)15(19)13-10-17-14-5-3-2-4-12(13)14/h2-5,10-11,17H,6-9H2,1H3. The fourth-order valence-corrected chi connectivity index (χ4v) is 2.90. The Balaban J connectivity index is 1.74. The Hall–Kier alpha value is -2.30. The van der Waals surface area contributed by atoms with Crippen LogP contribution in [0, 0.1) is 5.92 Å². The Morgan fingerprint density at radius 2 is 1.95 bits per heavy atom. The number of hydrogen-bond donors (Lipinski definition) is 1. The van der Waals surface area contributed by atoms with E-state index in [4.69, 9.17) is 4.74 Å². The maximum Gasteiger partial charge on any atom is 0.308 e. The molecule has 0 bridgehead atoms. The predicted molar refractivity (Wildman–Crippen MR) is 78.9 cm³/mol. The molecule has 1 aromatic heterocycles. The minimum Gasteiger partial charge on any atom is -0.469 e. The largest absolute Gasteiger partial charge is 0.469 e. The van der Waals surface area contributed by atoms with Crippen molar-refractivity contribution >= 4 is 22.8 Å². The van der Waals surface area contributed by atoms with Crippen LogP contribution in [-0.2, 0) is 9.53 Å². The van der Waals surface area contributed by atoms with Crippen molar-refractivity contribution < 1.29 is 14.3 Å². The maximum absolute atomic E-state index is 12.6. The van der Waals surface area contributed by atoms with Crippen LogP contribution in [0.5, 0.6) is 0 Å². The molecule has 0 atom stereocenters. The number of esters is 1. The summed E-state index contributed by atoms with van der Waals surface area (Å²) in [6.45, 7) is 1.19. The highest BCUT2D eigenvalue weighted by Gasteiger charge is 2.29. The molecule has 1 aliphatic rings. The van der Waals surface area contributed by atoms with E-state index in [0.29, 0.717) is 31.5 Å². The Morgan fingerprint density at radius 1 is 1.24 bits per heavy atom. The molecular weight excluding hydrogens is 268 g/mol. The molecule has 1 aliphatic heterocycles. The van der Waals surface area contributed by atoms with Crippen molar-refractivity contribution in [1.29, 1.82) is 0 Å². The lowest BCUT2D eigenvalue weighted by atomic mass is 9.96. The highest BCUT2D eigenvalue weighted by molar-refractivity contribution is 6.06. The van der Waals surface area contributed by atoms with Gasteiger partial charge in [0.2, 0.25) is 0 Å². The van der Waals surface area contributed by atoms with Gasteiger partial charge in [-0.1, -0.05) is 18.2 Å². The molecular formula is C16H18N2O3. The van der Waals surface area contributed by atoms with Crippen molar-refractivity contribution in [1.82, 2.24) is 9.88 Å². The topological polar surface area (TPSA) is 62.4 Å². The van der Waals surface area contributed by atoms with Crippen molar-refractivity contribution in [2.75, 3.05) is 20.2 Å². The van der Waals surface area contributed by atoms with Gasteiger partial charge in [0.15, 0.2) is 0 Å². The smallest absolute Gasteiger partial charge is 0.308 e. The van der Waals surface area contributed by atoms with Gasteiger partial charge in [0, 0.05) is 30.2 Å². The first-order valence-electron chi connectivity index (χ1n) is 7.14. The molecule has 1 saturated heterocycles. The zero-order valence-corrected chi connectivity index (χ0v) is 12.0. The number of nitrogens with one attached hydrogen (secondary N) is 1. The van der Waals surface area contributed by atoms with E-state index < -0.39 is 0 Å². The van der Waals surface area contributed by atoms with Gasteiger partial charge in [-0.25, -0.2) is 0 Å². The zero-order valence-electron chi connectivity index (χ0n) is 12.0. The first kappa shape index (κ1) is 13.7. The lowest BCUT2D eigenvalue weighted by Crippen LogP contribution is -2.40. The SMILES string of the molecule is COC(=O)C1CCN(C(=O)c2c[nH]c3ccccc23)CC1. The third-order valence-electron chi connectivity index (χ3n) is 4.14. The summed E-state index contributed by atoms with van der Waals surface area (Å²) in [7, 11) is 1.41. The zero-order chi connectivity index (χ0) is 14.8. The third kappa shape index (κ3) is 2.51. The van der Waals surface area contributed by atoms with Crippen molar-refractivity contribution in [2.45, 2.75) is 12.8 Å². The normalized spacial score (nSPS) is 16.1. The summed E-state index contributed by atoms with van der Waals surface area (Å²) in [6.07, 6.45) is 3.10. The molecule has 0 unspecified atom stereocenters. The summed E-state index contributed by atoms with van der Waals surface area (Å²) in [6, 6.07) is 7.77. The number of piperidine rings is 1. The van der Waals surface area contributed by atoms with E-state index in [0.717, 1.165) is 10.9 Å². The molecule has 2 heterocycles. The first-order chi connectivity index (χ1) is 10.2. The minimum absolute atomic E-state index is 0.0239. The Labute approximate surface area is 122 Å². The molecule has 5 nitrogen and oxygen atoms in total. The second-order valence-corrected chi connectivity index (χ2v) is 5.34. The number of hydrogen-bond acceptors (Lipinski definition) is 3. The average molecular weight is 286 g/mol. The second-order valence-electron chi connectivity index (χ2n) is 5.34. The highest BCUT2D eigenvalue weighted by atomic mass is 16.5. The fourth-order valence-electron chi connectivity index (χ4n) is 2.90. The van der Waals surface area contributed by atoms with Crippen LogP contribution in [0.25, 0.3) is 10.9 Å². The maximum atomic E-state index is 12.6. The molecule has 5 heteroatoms. The molecule has 0 radical (unpaired) electrons. The fraction of sp³-hybridized carbons (Fsp3) is 0.375. The number of para-hydroxylation sites is 1. The van der Waals surface area contributed by atoms with E-state index in [1.807, 2.05) is 29.2 Å². The molecule has 1 N–H and O–H groups in total. The number of carbonyl (C=O) groups excluding carboxylic acids is 2. The van der Waals surface area contributed by atoms with Gasteiger partial charge in [-0.3, -0.25) is 9.59 Å². The van der Waals surface area contributed by atoms with Gasteiger partial charge in [0.05, 0.1) is 18.6 Å². The van der Waals surface area contributed by atoms with Gasteiger partial charge in [-0.2, -0.15) is 0 Å². The number of aromatic amines is 1. The summed E-state index contributed by atoms with van der Waals surface area (Å²) in [5, 5.41) is 0.942. The van der Waals surface area contributed by atoms with E-state index >= 15 is 0 Å². The monoisotopic (exact) mass is 286 g/mol. The van der Waals surface area contributed by atoms with Gasteiger partial charge in [-0.15, -0.1) is 0 Å². The Kier molecular flexibility index (Phi) is 3.64. The number of likely N-dealkylation sites (tertiary alicyclic amines) is 1. The Bertz CT molecular complexity index is 669. The van der Waals surface area contributed by atoms with Crippen molar-refractivity contribution in [2.24, 2.45) is 5.92 Å². The number of carbonyl (C=O) groups is 2. The number of amides is 1. The lowest BCUT2D eigenvalue weighted by Gasteiger charge is -2.30. The molecule has 0 aliphatic carbocycles. The van der Waals surface area contributed by atoms with Crippen molar-refractivity contribution in [3.63, 3.8) is 0 Å². The third-order valence-corrected chi connectivity index (χ3v) is 4.14. The number of ether oxygens (including phenoxy) is 1. The van der Waals surface area contributed by atoms with E-state index in [1.165, 1.54) is 7.11 Å². The molecule has 1 fully saturated rings. The van der Waals surface area contributed by atoms with Crippen molar-refractivity contribution in [3.05, 3.63) is 36.0 Å². The molecule has 1 aromatic carbocycles. The predicted octanol–water partition coefficient (Wildman–Crippen LogP) is 2.19. The van der Waals surface area contributed by atoms with Gasteiger partial charge in [0.1, 0.15) is 0 Å². The summed E-state index contributed by atoms with van der Waals surface area (Å²) in [4.78, 5) is 29.1. The molecule has 1 amide bonds. The Morgan fingerprint density at radius 3 is 2.67 bits per heavy atom. The minimum atomic E-state index is -0.172. The molecule has 0 spiro atoms. The average Bonchev–Trinajstić information content (AvgIpc) is 2.97. The van der Waals surface area contributed by atoms with Crippen molar-refractivity contribution in [3.8, 4) is 0 Å². The molecule has 0 saturated carbocycles. The lowest BCUT2D eigenvalue weighted by molar-refractivity contribution is -0.146. The number of methoxy groups -OCH3 is 1. The van der Waals surface area contributed by atoms with Gasteiger partial charge in [0.25, 0.3) is 5.91 Å². The second kappa shape index (κ2) is 5.60. The number of H-pyrrole nitrogens is 1.